The number of pyridine rings is 1. The van der Waals surface area contributed by atoms with E-state index >= 15 is 0 Å². The zero-order valence-electron chi connectivity index (χ0n) is 7.21. The fraction of sp³-hybridized carbons (Fsp3) is 0.444. The van der Waals surface area contributed by atoms with Crippen LogP contribution >= 0.6 is 0 Å². The summed E-state index contributed by atoms with van der Waals surface area (Å²) in [5.74, 6) is 0. The largest absolute Gasteiger partial charge is 0.329 e. The van der Waals surface area contributed by atoms with E-state index in [0.717, 1.165) is 18.4 Å². The SMILES string of the molecule is CCCC(N)c1cc[nH]c(=O)c1. The molecule has 1 heterocycles. The van der Waals surface area contributed by atoms with Crippen molar-refractivity contribution in [3.05, 3.63) is 34.2 Å². The number of hydrogen-bond acceptors (Lipinski definition) is 2. The molecule has 3 N–H and O–H groups in total. The summed E-state index contributed by atoms with van der Waals surface area (Å²) in [5, 5.41) is 0. The van der Waals surface area contributed by atoms with Crippen LogP contribution in [0, 0.1) is 0 Å². The first-order valence-electron chi connectivity index (χ1n) is 4.18. The average Bonchev–Trinajstić information content (AvgIpc) is 2.05. The molecule has 0 aromatic carbocycles. The van der Waals surface area contributed by atoms with Crippen molar-refractivity contribution in [1.29, 1.82) is 0 Å². The minimum absolute atomic E-state index is 0.00250. The van der Waals surface area contributed by atoms with E-state index in [1.54, 1.807) is 12.3 Å². The topological polar surface area (TPSA) is 58.9 Å². The minimum atomic E-state index is -0.0842. The quantitative estimate of drug-likeness (QED) is 0.708. The van der Waals surface area contributed by atoms with Gasteiger partial charge in [0.1, 0.15) is 0 Å². The van der Waals surface area contributed by atoms with Gasteiger partial charge in [-0.25, -0.2) is 0 Å². The fourth-order valence-electron chi connectivity index (χ4n) is 1.17. The van der Waals surface area contributed by atoms with Gasteiger partial charge in [-0.05, 0) is 18.1 Å². The summed E-state index contributed by atoms with van der Waals surface area (Å²) >= 11 is 0. The molecule has 66 valence electrons. The summed E-state index contributed by atoms with van der Waals surface area (Å²) in [4.78, 5) is 13.4. The summed E-state index contributed by atoms with van der Waals surface area (Å²) in [6.07, 6.45) is 3.59. The molecule has 3 nitrogen and oxygen atoms in total. The number of aromatic amines is 1. The summed E-state index contributed by atoms with van der Waals surface area (Å²) in [5.41, 5.74) is 6.65. The molecule has 0 amide bonds. The van der Waals surface area contributed by atoms with Crippen LogP contribution in [0.1, 0.15) is 31.4 Å². The van der Waals surface area contributed by atoms with Crippen molar-refractivity contribution in [3.63, 3.8) is 0 Å². The average molecular weight is 166 g/mol. The molecular formula is C9H14N2O. The predicted octanol–water partition coefficient (Wildman–Crippen LogP) is 1.17. The maximum Gasteiger partial charge on any atom is 0.248 e. The molecule has 1 rings (SSSR count). The van der Waals surface area contributed by atoms with E-state index in [1.807, 2.05) is 6.07 Å². The molecule has 0 aliphatic rings. The van der Waals surface area contributed by atoms with E-state index in [9.17, 15) is 4.79 Å². The van der Waals surface area contributed by atoms with E-state index in [4.69, 9.17) is 5.73 Å². The van der Waals surface area contributed by atoms with Crippen molar-refractivity contribution in [1.82, 2.24) is 4.98 Å². The molecule has 12 heavy (non-hydrogen) atoms. The van der Waals surface area contributed by atoms with Gasteiger partial charge in [0, 0.05) is 18.3 Å². The molecule has 0 bridgehead atoms. The normalized spacial score (nSPS) is 12.8. The number of aromatic nitrogens is 1. The number of nitrogens with two attached hydrogens (primary N) is 1. The molecule has 0 aliphatic carbocycles. The Hall–Kier alpha value is -1.09. The molecule has 0 saturated carbocycles. The monoisotopic (exact) mass is 166 g/mol. The zero-order chi connectivity index (χ0) is 8.97. The number of hydrogen-bond donors (Lipinski definition) is 2. The highest BCUT2D eigenvalue weighted by molar-refractivity contribution is 5.14. The number of rotatable bonds is 3. The van der Waals surface area contributed by atoms with Crippen molar-refractivity contribution < 1.29 is 0 Å². The smallest absolute Gasteiger partial charge is 0.248 e. The van der Waals surface area contributed by atoms with Crippen LogP contribution in [0.4, 0.5) is 0 Å². The van der Waals surface area contributed by atoms with Crippen LogP contribution in [-0.2, 0) is 0 Å². The zero-order valence-corrected chi connectivity index (χ0v) is 7.21. The van der Waals surface area contributed by atoms with Crippen molar-refractivity contribution in [2.45, 2.75) is 25.8 Å². The minimum Gasteiger partial charge on any atom is -0.329 e. The predicted molar refractivity (Wildman–Crippen MR) is 48.9 cm³/mol. The fourth-order valence-corrected chi connectivity index (χ4v) is 1.17. The Morgan fingerprint density at radius 3 is 3.00 bits per heavy atom. The molecular weight excluding hydrogens is 152 g/mol. The molecule has 1 aromatic rings. The Morgan fingerprint density at radius 2 is 2.42 bits per heavy atom. The van der Waals surface area contributed by atoms with E-state index < -0.39 is 0 Å². The molecule has 0 radical (unpaired) electrons. The number of nitrogens with one attached hydrogen (secondary N) is 1. The highest BCUT2D eigenvalue weighted by Gasteiger charge is 2.03. The second-order valence-corrected chi connectivity index (χ2v) is 2.88. The third-order valence-electron chi connectivity index (χ3n) is 1.83. The summed E-state index contributed by atoms with van der Waals surface area (Å²) < 4.78 is 0. The van der Waals surface area contributed by atoms with Gasteiger partial charge in [0.25, 0.3) is 0 Å². The maximum absolute atomic E-state index is 10.9. The highest BCUT2D eigenvalue weighted by atomic mass is 16.1. The standard InChI is InChI=1S/C9H14N2O/c1-2-3-8(10)7-4-5-11-9(12)6-7/h4-6,8H,2-3,10H2,1H3,(H,11,12). The Bertz CT molecular complexity index is 293. The lowest BCUT2D eigenvalue weighted by molar-refractivity contribution is 0.637. The molecule has 0 spiro atoms. The van der Waals surface area contributed by atoms with Gasteiger partial charge >= 0.3 is 0 Å². The van der Waals surface area contributed by atoms with Crippen LogP contribution in [0.25, 0.3) is 0 Å². The van der Waals surface area contributed by atoms with E-state index in [0.29, 0.717) is 0 Å². The summed E-state index contributed by atoms with van der Waals surface area (Å²) in [7, 11) is 0. The van der Waals surface area contributed by atoms with Gasteiger partial charge in [-0.3, -0.25) is 4.79 Å². The first-order valence-corrected chi connectivity index (χ1v) is 4.18. The molecule has 0 saturated heterocycles. The summed E-state index contributed by atoms with van der Waals surface area (Å²) in [6, 6.07) is 3.40. The third kappa shape index (κ3) is 2.20. The number of H-pyrrole nitrogens is 1. The third-order valence-corrected chi connectivity index (χ3v) is 1.83. The second kappa shape index (κ2) is 4.07. The van der Waals surface area contributed by atoms with Crippen LogP contribution < -0.4 is 11.3 Å². The lowest BCUT2D eigenvalue weighted by Crippen LogP contribution is -2.13. The van der Waals surface area contributed by atoms with Crippen molar-refractivity contribution in [2.75, 3.05) is 0 Å². The van der Waals surface area contributed by atoms with Crippen molar-refractivity contribution >= 4 is 0 Å². The van der Waals surface area contributed by atoms with E-state index in [2.05, 4.69) is 11.9 Å². The van der Waals surface area contributed by atoms with E-state index in [-0.39, 0.29) is 11.6 Å². The van der Waals surface area contributed by atoms with Crippen molar-refractivity contribution in [2.24, 2.45) is 5.73 Å². The Morgan fingerprint density at radius 1 is 1.67 bits per heavy atom. The van der Waals surface area contributed by atoms with E-state index in [1.165, 1.54) is 0 Å². The molecule has 1 atom stereocenters. The molecule has 0 aliphatic heterocycles. The van der Waals surface area contributed by atoms with Crippen molar-refractivity contribution in [3.8, 4) is 0 Å². The highest BCUT2D eigenvalue weighted by Crippen LogP contribution is 2.12. The Kier molecular flexibility index (Phi) is 3.05. The molecule has 1 unspecified atom stereocenters. The van der Waals surface area contributed by atoms with Crippen LogP contribution in [0.15, 0.2) is 23.1 Å². The first kappa shape index (κ1) is 9.00. The first-order chi connectivity index (χ1) is 5.74. The lowest BCUT2D eigenvalue weighted by atomic mass is 10.1. The Balaban J connectivity index is 2.80. The molecule has 0 fully saturated rings. The van der Waals surface area contributed by atoms with Crippen LogP contribution in [0.3, 0.4) is 0 Å². The summed E-state index contributed by atoms with van der Waals surface area (Å²) in [6.45, 7) is 2.08. The van der Waals surface area contributed by atoms with Gasteiger partial charge in [-0.2, -0.15) is 0 Å². The van der Waals surface area contributed by atoms with Crippen LogP contribution in [-0.4, -0.2) is 4.98 Å². The van der Waals surface area contributed by atoms with Gasteiger partial charge in [-0.15, -0.1) is 0 Å². The van der Waals surface area contributed by atoms with Gasteiger partial charge < -0.3 is 10.7 Å². The second-order valence-electron chi connectivity index (χ2n) is 2.88. The van der Waals surface area contributed by atoms with Crippen LogP contribution in [0.5, 0.6) is 0 Å². The lowest BCUT2D eigenvalue weighted by Gasteiger charge is -2.08. The van der Waals surface area contributed by atoms with Gasteiger partial charge in [-0.1, -0.05) is 13.3 Å². The maximum atomic E-state index is 10.9. The molecule has 3 heteroatoms. The molecule has 1 aromatic heterocycles. The van der Waals surface area contributed by atoms with Gasteiger partial charge in [0.15, 0.2) is 0 Å². The van der Waals surface area contributed by atoms with Crippen LogP contribution in [0.2, 0.25) is 0 Å². The van der Waals surface area contributed by atoms with Gasteiger partial charge in [0.2, 0.25) is 5.56 Å². The van der Waals surface area contributed by atoms with Gasteiger partial charge in [0.05, 0.1) is 0 Å². The Labute approximate surface area is 71.6 Å².